The average molecular weight is 472 g/mol. The Labute approximate surface area is 198 Å². The third-order valence-electron chi connectivity index (χ3n) is 5.92. The first-order valence-electron chi connectivity index (χ1n) is 10.7. The first-order valence-corrected chi connectivity index (χ1v) is 10.7. The second-order valence-corrected chi connectivity index (χ2v) is 8.05. The summed E-state index contributed by atoms with van der Waals surface area (Å²) in [5.74, 6) is -1.95. The van der Waals surface area contributed by atoms with Crippen molar-refractivity contribution in [3.63, 3.8) is 0 Å². The van der Waals surface area contributed by atoms with Gasteiger partial charge in [-0.15, -0.1) is 0 Å². The molecule has 1 amide bonds. The predicted molar refractivity (Wildman–Crippen MR) is 128 cm³/mol. The van der Waals surface area contributed by atoms with Gasteiger partial charge in [-0.05, 0) is 35.4 Å². The number of carboxylic acid groups (broad SMARTS) is 1. The highest BCUT2D eigenvalue weighted by atomic mass is 16.5. The number of nitrogens with zero attached hydrogens (tertiary/aromatic N) is 2. The van der Waals surface area contributed by atoms with E-state index in [0.29, 0.717) is 17.1 Å². The van der Waals surface area contributed by atoms with Crippen LogP contribution in [0.2, 0.25) is 0 Å². The largest absolute Gasteiger partial charge is 0.506 e. The van der Waals surface area contributed by atoms with Gasteiger partial charge in [0.2, 0.25) is 0 Å². The van der Waals surface area contributed by atoms with Crippen molar-refractivity contribution in [3.05, 3.63) is 82.3 Å². The molecule has 0 spiro atoms. The maximum absolute atomic E-state index is 13.5. The van der Waals surface area contributed by atoms with Crippen molar-refractivity contribution < 1.29 is 24.5 Å². The van der Waals surface area contributed by atoms with Crippen molar-refractivity contribution in [1.82, 2.24) is 14.9 Å². The lowest BCUT2D eigenvalue weighted by Gasteiger charge is -2.29. The van der Waals surface area contributed by atoms with E-state index in [1.54, 1.807) is 30.5 Å². The lowest BCUT2D eigenvalue weighted by Crippen LogP contribution is -2.39. The van der Waals surface area contributed by atoms with Crippen LogP contribution in [0.15, 0.2) is 65.6 Å². The van der Waals surface area contributed by atoms with Gasteiger partial charge in [0.25, 0.3) is 11.5 Å². The first kappa shape index (κ1) is 22.0. The number of carboxylic acids is 1. The van der Waals surface area contributed by atoms with Crippen LogP contribution in [-0.2, 0) is 4.79 Å². The molecule has 2 aromatic heterocycles. The fourth-order valence-corrected chi connectivity index (χ4v) is 4.24. The highest BCUT2D eigenvalue weighted by molar-refractivity contribution is 6.04. The third-order valence-corrected chi connectivity index (χ3v) is 5.92. The van der Waals surface area contributed by atoms with E-state index in [1.165, 1.54) is 4.57 Å². The minimum absolute atomic E-state index is 0.121. The molecule has 0 fully saturated rings. The van der Waals surface area contributed by atoms with E-state index < -0.39 is 41.3 Å². The number of benzene rings is 2. The number of aromatic nitrogens is 2. The van der Waals surface area contributed by atoms with Crippen LogP contribution in [0, 0.1) is 0 Å². The lowest BCUT2D eigenvalue weighted by molar-refractivity contribution is -0.135. The van der Waals surface area contributed by atoms with Crippen LogP contribution in [0.1, 0.15) is 22.0 Å². The molecular weight excluding hydrogens is 452 g/mol. The number of aliphatic carboxylic acids is 1. The molecule has 1 atom stereocenters. The van der Waals surface area contributed by atoms with Gasteiger partial charge in [-0.2, -0.15) is 0 Å². The normalized spacial score (nSPS) is 14.3. The Balaban J connectivity index is 1.63. The Kier molecular flexibility index (Phi) is 5.33. The molecule has 35 heavy (non-hydrogen) atoms. The van der Waals surface area contributed by atoms with E-state index in [1.807, 2.05) is 30.3 Å². The molecule has 5 N–H and O–H groups in total. The van der Waals surface area contributed by atoms with Crippen LogP contribution in [0.25, 0.3) is 22.0 Å². The molecule has 0 aliphatic carbocycles. The maximum atomic E-state index is 13.5. The van der Waals surface area contributed by atoms with Gasteiger partial charge in [-0.1, -0.05) is 30.3 Å². The number of amides is 1. The number of rotatable bonds is 5. The zero-order valence-electron chi connectivity index (χ0n) is 18.3. The number of hydrogen-bond acceptors (Lipinski definition) is 7. The molecule has 0 bridgehead atoms. The molecule has 1 unspecified atom stereocenters. The topological polar surface area (TPSA) is 157 Å². The van der Waals surface area contributed by atoms with E-state index in [0.717, 1.165) is 16.7 Å². The quantitative estimate of drug-likeness (QED) is 0.344. The molecule has 3 heterocycles. The Morgan fingerprint density at radius 3 is 2.54 bits per heavy atom. The molecular formula is C25H20N4O6. The van der Waals surface area contributed by atoms with E-state index in [-0.39, 0.29) is 12.0 Å². The summed E-state index contributed by atoms with van der Waals surface area (Å²) < 4.78 is 7.33. The second kappa shape index (κ2) is 8.49. The van der Waals surface area contributed by atoms with Gasteiger partial charge < -0.3 is 26.0 Å². The average Bonchev–Trinajstić information content (AvgIpc) is 2.86. The van der Waals surface area contributed by atoms with Crippen molar-refractivity contribution in [2.75, 3.05) is 18.9 Å². The molecule has 10 heteroatoms. The van der Waals surface area contributed by atoms with Gasteiger partial charge >= 0.3 is 5.97 Å². The number of pyridine rings is 2. The van der Waals surface area contributed by atoms with E-state index in [2.05, 4.69) is 10.3 Å². The van der Waals surface area contributed by atoms with Crippen molar-refractivity contribution in [2.45, 2.75) is 6.04 Å². The Hall–Kier alpha value is -4.86. The van der Waals surface area contributed by atoms with Crippen molar-refractivity contribution in [3.8, 4) is 22.6 Å². The molecule has 176 valence electrons. The smallest absolute Gasteiger partial charge is 0.322 e. The number of hydrogen-bond donors (Lipinski definition) is 4. The molecule has 1 aliphatic rings. The molecule has 0 saturated heterocycles. The predicted octanol–water partition coefficient (Wildman–Crippen LogP) is 2.15. The van der Waals surface area contributed by atoms with Gasteiger partial charge in [0.15, 0.2) is 0 Å². The number of ether oxygens (including phenoxy) is 1. The number of carbonyl (C=O) groups is 2. The number of carbonyl (C=O) groups excluding carboxylic acids is 1. The molecule has 5 rings (SSSR count). The lowest BCUT2D eigenvalue weighted by atomic mass is 9.99. The van der Waals surface area contributed by atoms with Gasteiger partial charge in [-0.25, -0.2) is 4.98 Å². The monoisotopic (exact) mass is 472 g/mol. The molecule has 0 radical (unpaired) electrons. The zero-order valence-corrected chi connectivity index (χ0v) is 18.3. The number of nitrogens with one attached hydrogen (secondary N) is 1. The number of anilines is 1. The van der Waals surface area contributed by atoms with Crippen LogP contribution in [0.3, 0.4) is 0 Å². The molecule has 10 nitrogen and oxygen atoms in total. The van der Waals surface area contributed by atoms with Gasteiger partial charge in [0, 0.05) is 17.1 Å². The van der Waals surface area contributed by atoms with Crippen LogP contribution < -0.4 is 21.3 Å². The number of nitrogen functional groups attached to an aromatic ring is 1. The minimum Gasteiger partial charge on any atom is -0.506 e. The summed E-state index contributed by atoms with van der Waals surface area (Å²) in [4.78, 5) is 41.2. The molecule has 1 aliphatic heterocycles. The van der Waals surface area contributed by atoms with Crippen LogP contribution >= 0.6 is 0 Å². The van der Waals surface area contributed by atoms with Crippen LogP contribution in [0.5, 0.6) is 11.5 Å². The summed E-state index contributed by atoms with van der Waals surface area (Å²) in [6.07, 6.45) is 1.67. The standard InChI is InChI=1S/C25H20N4O6/c26-19-9-8-15(10-27-19)13-4-6-14(7-5-13)17-12-35-18-3-1-2-16-22(18)29(17)25(34)21(23(16)32)24(33)28-11-20(30)31/h1-10,17,32H,11-12H2,(H2,26,27)(H,28,33)(H,30,31). The number of para-hydroxylation sites is 1. The summed E-state index contributed by atoms with van der Waals surface area (Å²) in [5, 5.41) is 22.1. The van der Waals surface area contributed by atoms with Crippen LogP contribution in [0.4, 0.5) is 5.82 Å². The fraction of sp³-hybridized carbons (Fsp3) is 0.120. The van der Waals surface area contributed by atoms with Gasteiger partial charge in [0.05, 0.1) is 11.6 Å². The van der Waals surface area contributed by atoms with Crippen molar-refractivity contribution >= 4 is 28.6 Å². The summed E-state index contributed by atoms with van der Waals surface area (Å²) in [7, 11) is 0. The summed E-state index contributed by atoms with van der Waals surface area (Å²) in [5.41, 5.74) is 7.27. The first-order chi connectivity index (χ1) is 16.8. The van der Waals surface area contributed by atoms with E-state index >= 15 is 0 Å². The molecule has 0 saturated carbocycles. The SMILES string of the molecule is Nc1ccc(-c2ccc(C3COc4cccc5c(O)c(C(=O)NCC(=O)O)c(=O)n3c45)cc2)cn1. The van der Waals surface area contributed by atoms with Crippen LogP contribution in [-0.4, -0.2) is 44.8 Å². The van der Waals surface area contributed by atoms with Gasteiger partial charge in [0.1, 0.15) is 36.0 Å². The Bertz CT molecular complexity index is 1530. The summed E-state index contributed by atoms with van der Waals surface area (Å²) in [6, 6.07) is 15.3. The fourth-order valence-electron chi connectivity index (χ4n) is 4.24. The minimum atomic E-state index is -1.27. The number of nitrogens with two attached hydrogens (primary N) is 1. The van der Waals surface area contributed by atoms with Gasteiger partial charge in [-0.3, -0.25) is 19.0 Å². The van der Waals surface area contributed by atoms with Crippen molar-refractivity contribution in [2.24, 2.45) is 0 Å². The Morgan fingerprint density at radius 2 is 1.86 bits per heavy atom. The summed E-state index contributed by atoms with van der Waals surface area (Å²) >= 11 is 0. The zero-order chi connectivity index (χ0) is 24.7. The Morgan fingerprint density at radius 1 is 1.11 bits per heavy atom. The second-order valence-electron chi connectivity index (χ2n) is 8.05. The third kappa shape index (κ3) is 3.80. The van der Waals surface area contributed by atoms with E-state index in [4.69, 9.17) is 15.6 Å². The van der Waals surface area contributed by atoms with Crippen molar-refractivity contribution in [1.29, 1.82) is 0 Å². The number of aromatic hydroxyl groups is 1. The van der Waals surface area contributed by atoms with E-state index in [9.17, 15) is 19.5 Å². The maximum Gasteiger partial charge on any atom is 0.322 e. The summed E-state index contributed by atoms with van der Waals surface area (Å²) in [6.45, 7) is -0.570. The highest BCUT2D eigenvalue weighted by Crippen LogP contribution is 2.38. The highest BCUT2D eigenvalue weighted by Gasteiger charge is 2.31. The molecule has 2 aromatic carbocycles. The molecule has 4 aromatic rings.